The average Bonchev–Trinajstić information content (AvgIpc) is 2.98. The summed E-state index contributed by atoms with van der Waals surface area (Å²) in [4.78, 5) is 50.8. The molecule has 8 nitrogen and oxygen atoms in total. The normalized spacial score (nSPS) is 15.0. The van der Waals surface area contributed by atoms with Gasteiger partial charge in [-0.3, -0.25) is 19.3 Å². The summed E-state index contributed by atoms with van der Waals surface area (Å²) >= 11 is 0. The topological polar surface area (TPSA) is 113 Å². The van der Waals surface area contributed by atoms with Crippen LogP contribution in [0.25, 0.3) is 0 Å². The van der Waals surface area contributed by atoms with E-state index in [0.717, 1.165) is 0 Å². The van der Waals surface area contributed by atoms with E-state index in [1.165, 1.54) is 19.2 Å². The lowest BCUT2D eigenvalue weighted by Crippen LogP contribution is -2.53. The number of rotatable bonds is 6. The molecular weight excluding hydrogens is 364 g/mol. The highest BCUT2D eigenvalue weighted by Crippen LogP contribution is 2.25. The molecule has 28 heavy (non-hydrogen) atoms. The molecule has 2 aromatic rings. The van der Waals surface area contributed by atoms with E-state index in [0.29, 0.717) is 10.5 Å². The molecule has 2 N–H and O–H groups in total. The first kappa shape index (κ1) is 19.2. The van der Waals surface area contributed by atoms with Crippen LogP contribution < -0.4 is 5.32 Å². The van der Waals surface area contributed by atoms with E-state index >= 15 is 0 Å². The monoisotopic (exact) mass is 382 g/mol. The van der Waals surface area contributed by atoms with Gasteiger partial charge in [0.2, 0.25) is 5.91 Å². The maximum atomic E-state index is 12.8. The van der Waals surface area contributed by atoms with Gasteiger partial charge in [0.1, 0.15) is 6.04 Å². The van der Waals surface area contributed by atoms with Gasteiger partial charge in [0.15, 0.2) is 6.04 Å². The number of ether oxygens (including phenoxy) is 1. The number of carbonyl (C=O) groups is 4. The lowest BCUT2D eigenvalue weighted by Gasteiger charge is -2.25. The van der Waals surface area contributed by atoms with Gasteiger partial charge in [0.25, 0.3) is 11.8 Å². The van der Waals surface area contributed by atoms with Gasteiger partial charge in [0, 0.05) is 0 Å². The Morgan fingerprint density at radius 3 is 2.04 bits per heavy atom. The zero-order chi connectivity index (χ0) is 20.3. The number of nitrogens with one attached hydrogen (secondary N) is 1. The Kier molecular flexibility index (Phi) is 5.51. The van der Waals surface area contributed by atoms with Gasteiger partial charge in [-0.1, -0.05) is 42.5 Å². The molecule has 1 aliphatic rings. The van der Waals surface area contributed by atoms with E-state index in [1.807, 2.05) is 0 Å². The predicted octanol–water partition coefficient (Wildman–Crippen LogP) is 0.674. The molecule has 2 atom stereocenters. The second-order valence-corrected chi connectivity index (χ2v) is 6.10. The molecule has 3 rings (SSSR count). The molecule has 1 heterocycles. The number of hydrogen-bond donors (Lipinski definition) is 2. The molecule has 0 saturated heterocycles. The van der Waals surface area contributed by atoms with Crippen LogP contribution in [-0.2, 0) is 14.3 Å². The van der Waals surface area contributed by atoms with E-state index in [4.69, 9.17) is 4.74 Å². The number of nitrogens with zero attached hydrogens (tertiary/aromatic N) is 1. The number of imide groups is 1. The second kappa shape index (κ2) is 8.01. The zero-order valence-corrected chi connectivity index (χ0v) is 15.0. The van der Waals surface area contributed by atoms with Gasteiger partial charge in [-0.05, 0) is 17.7 Å². The maximum Gasteiger partial charge on any atom is 0.333 e. The third-order valence-electron chi connectivity index (χ3n) is 4.47. The van der Waals surface area contributed by atoms with E-state index in [1.54, 1.807) is 42.5 Å². The molecule has 0 aliphatic carbocycles. The highest BCUT2D eigenvalue weighted by Gasteiger charge is 2.43. The Hall–Kier alpha value is -3.52. The molecule has 0 radical (unpaired) electrons. The van der Waals surface area contributed by atoms with Crippen LogP contribution >= 0.6 is 0 Å². The van der Waals surface area contributed by atoms with Crippen LogP contribution in [0.15, 0.2) is 54.6 Å². The Bertz CT molecular complexity index is 892. The van der Waals surface area contributed by atoms with E-state index in [9.17, 15) is 24.3 Å². The number of hydrogen-bond acceptors (Lipinski definition) is 6. The van der Waals surface area contributed by atoms with E-state index in [-0.39, 0.29) is 11.1 Å². The number of carbonyl (C=O) groups excluding carboxylic acids is 4. The molecule has 1 aliphatic heterocycles. The summed E-state index contributed by atoms with van der Waals surface area (Å²) in [6.07, 6.45) is 0. The third-order valence-corrected chi connectivity index (χ3v) is 4.47. The molecule has 144 valence electrons. The fourth-order valence-electron chi connectivity index (χ4n) is 3.05. The highest BCUT2D eigenvalue weighted by molar-refractivity contribution is 6.22. The van der Waals surface area contributed by atoms with Crippen molar-refractivity contribution in [3.05, 3.63) is 71.3 Å². The average molecular weight is 382 g/mol. The molecule has 3 amide bonds. The van der Waals surface area contributed by atoms with Gasteiger partial charge >= 0.3 is 5.97 Å². The highest BCUT2D eigenvalue weighted by atomic mass is 16.5. The summed E-state index contributed by atoms with van der Waals surface area (Å²) < 4.78 is 4.74. The van der Waals surface area contributed by atoms with Crippen molar-refractivity contribution < 1.29 is 29.0 Å². The number of aliphatic hydroxyl groups excluding tert-OH is 1. The summed E-state index contributed by atoms with van der Waals surface area (Å²) in [5.41, 5.74) is 0.777. The maximum absolute atomic E-state index is 12.8. The fourth-order valence-corrected chi connectivity index (χ4v) is 3.05. The van der Waals surface area contributed by atoms with Crippen LogP contribution in [0.5, 0.6) is 0 Å². The van der Waals surface area contributed by atoms with Gasteiger partial charge in [-0.2, -0.15) is 0 Å². The van der Waals surface area contributed by atoms with Crippen molar-refractivity contribution in [1.82, 2.24) is 10.2 Å². The SMILES string of the molecule is COC(=O)[C@H](NC(=O)[C@H](CO)N1C(=O)c2ccccc2C1=O)c1ccccc1. The summed E-state index contributed by atoms with van der Waals surface area (Å²) in [5, 5.41) is 12.2. The van der Waals surface area contributed by atoms with Crippen molar-refractivity contribution in [3.8, 4) is 0 Å². The molecule has 0 unspecified atom stereocenters. The number of aliphatic hydroxyl groups is 1. The Morgan fingerprint density at radius 1 is 1.00 bits per heavy atom. The van der Waals surface area contributed by atoms with Crippen molar-refractivity contribution in [2.24, 2.45) is 0 Å². The lowest BCUT2D eigenvalue weighted by atomic mass is 10.1. The molecule has 0 fully saturated rings. The van der Waals surface area contributed by atoms with Gasteiger partial charge in [0.05, 0.1) is 24.8 Å². The molecular formula is C20H18N2O6. The Balaban J connectivity index is 1.87. The second-order valence-electron chi connectivity index (χ2n) is 6.10. The van der Waals surface area contributed by atoms with Crippen molar-refractivity contribution >= 4 is 23.7 Å². The van der Waals surface area contributed by atoms with Crippen molar-refractivity contribution in [2.45, 2.75) is 12.1 Å². The number of esters is 1. The summed E-state index contributed by atoms with van der Waals surface area (Å²) in [7, 11) is 1.18. The molecule has 2 aromatic carbocycles. The number of amides is 3. The van der Waals surface area contributed by atoms with E-state index in [2.05, 4.69) is 5.32 Å². The lowest BCUT2D eigenvalue weighted by molar-refractivity contribution is -0.146. The standard InChI is InChI=1S/C20H18N2O6/c1-28-20(27)16(12-7-3-2-4-8-12)21-17(24)15(11-23)22-18(25)13-9-5-6-10-14(13)19(22)26/h2-10,15-16,23H,11H2,1H3,(H,21,24)/t15-,16+/m0/s1. The molecule has 8 heteroatoms. The van der Waals surface area contributed by atoms with Crippen LogP contribution in [0, 0.1) is 0 Å². The molecule has 0 aromatic heterocycles. The third kappa shape index (κ3) is 3.37. The summed E-state index contributed by atoms with van der Waals surface area (Å²) in [6, 6.07) is 11.9. The first-order valence-electron chi connectivity index (χ1n) is 8.50. The van der Waals surface area contributed by atoms with Crippen LogP contribution in [0.3, 0.4) is 0 Å². The minimum absolute atomic E-state index is 0.159. The van der Waals surface area contributed by atoms with E-state index < -0.39 is 42.4 Å². The number of fused-ring (bicyclic) bond motifs is 1. The first-order valence-corrected chi connectivity index (χ1v) is 8.50. The number of methoxy groups -OCH3 is 1. The van der Waals surface area contributed by atoms with Crippen molar-refractivity contribution in [3.63, 3.8) is 0 Å². The number of benzene rings is 2. The molecule has 0 spiro atoms. The molecule has 0 saturated carbocycles. The van der Waals surface area contributed by atoms with Gasteiger partial charge in [-0.25, -0.2) is 4.79 Å². The van der Waals surface area contributed by atoms with Gasteiger partial charge < -0.3 is 15.2 Å². The fraction of sp³-hybridized carbons (Fsp3) is 0.200. The largest absolute Gasteiger partial charge is 0.467 e. The van der Waals surface area contributed by atoms with Crippen LogP contribution in [-0.4, -0.2) is 53.5 Å². The minimum Gasteiger partial charge on any atom is -0.467 e. The summed E-state index contributed by atoms with van der Waals surface area (Å²) in [5.74, 6) is -2.93. The van der Waals surface area contributed by atoms with Crippen LogP contribution in [0.2, 0.25) is 0 Å². The smallest absolute Gasteiger partial charge is 0.333 e. The predicted molar refractivity (Wildman–Crippen MR) is 97.2 cm³/mol. The Labute approximate surface area is 160 Å². The minimum atomic E-state index is -1.48. The van der Waals surface area contributed by atoms with Gasteiger partial charge in [-0.15, -0.1) is 0 Å². The Morgan fingerprint density at radius 2 is 1.54 bits per heavy atom. The van der Waals surface area contributed by atoms with Crippen LogP contribution in [0.4, 0.5) is 0 Å². The molecule has 0 bridgehead atoms. The first-order chi connectivity index (χ1) is 13.5. The van der Waals surface area contributed by atoms with Crippen LogP contribution in [0.1, 0.15) is 32.3 Å². The quantitative estimate of drug-likeness (QED) is 0.561. The van der Waals surface area contributed by atoms with Crippen molar-refractivity contribution in [2.75, 3.05) is 13.7 Å². The van der Waals surface area contributed by atoms with Crippen molar-refractivity contribution in [1.29, 1.82) is 0 Å². The zero-order valence-electron chi connectivity index (χ0n) is 15.0. The summed E-state index contributed by atoms with van der Waals surface area (Å²) in [6.45, 7) is -0.792.